The van der Waals surface area contributed by atoms with Crippen molar-refractivity contribution in [3.8, 4) is 0 Å². The molecule has 102 valence electrons. The van der Waals surface area contributed by atoms with Crippen molar-refractivity contribution in [2.24, 2.45) is 5.92 Å². The summed E-state index contributed by atoms with van der Waals surface area (Å²) in [5, 5.41) is 1.43. The van der Waals surface area contributed by atoms with Gasteiger partial charge in [-0.25, -0.2) is 0 Å². The fourth-order valence-corrected chi connectivity index (χ4v) is 4.21. The molecule has 1 aromatic carbocycles. The Hall–Kier alpha value is -1.24. The van der Waals surface area contributed by atoms with Gasteiger partial charge in [0.2, 0.25) is 0 Å². The molecule has 0 bridgehead atoms. The largest absolute Gasteiger partial charge is 0.338 e. The summed E-state index contributed by atoms with van der Waals surface area (Å²) < 4.78 is 2.60. The molecule has 1 aliphatic heterocycles. The summed E-state index contributed by atoms with van der Waals surface area (Å²) >= 11 is 0. The molecule has 0 fully saturated rings. The summed E-state index contributed by atoms with van der Waals surface area (Å²) in [5.41, 5.74) is 6.18. The standard InChI is InChI=1S/C18H25N/c1-11-8-9-15-14(10-11)12(2)16-17(4,5)13(3)18(6,7)19(15)16/h8-10,13H,1-7H3. The minimum absolute atomic E-state index is 0.181. The summed E-state index contributed by atoms with van der Waals surface area (Å²) in [5.74, 6) is 0.638. The van der Waals surface area contributed by atoms with Crippen LogP contribution in [0.5, 0.6) is 0 Å². The lowest BCUT2D eigenvalue weighted by molar-refractivity contribution is 0.221. The van der Waals surface area contributed by atoms with Crippen molar-refractivity contribution in [2.45, 2.75) is 59.4 Å². The SMILES string of the molecule is Cc1ccc2c(c1)c(C)c1n2C(C)(C)C(C)C1(C)C. The maximum Gasteiger partial charge on any atom is 0.0490 e. The summed E-state index contributed by atoms with van der Waals surface area (Å²) in [6.45, 7) is 16.4. The summed E-state index contributed by atoms with van der Waals surface area (Å²) in [4.78, 5) is 0. The molecule has 1 aromatic heterocycles. The van der Waals surface area contributed by atoms with Gasteiger partial charge in [-0.3, -0.25) is 0 Å². The van der Waals surface area contributed by atoms with Crippen LogP contribution in [0.1, 0.15) is 51.4 Å². The molecule has 0 N–H and O–H groups in total. The molecule has 3 rings (SSSR count). The molecule has 0 spiro atoms. The zero-order valence-electron chi connectivity index (χ0n) is 13.3. The van der Waals surface area contributed by atoms with E-state index in [2.05, 4.69) is 71.2 Å². The van der Waals surface area contributed by atoms with Crippen LogP contribution in [-0.2, 0) is 11.0 Å². The van der Waals surface area contributed by atoms with E-state index in [-0.39, 0.29) is 11.0 Å². The highest BCUT2D eigenvalue weighted by atomic mass is 15.1. The van der Waals surface area contributed by atoms with Crippen molar-refractivity contribution in [1.29, 1.82) is 0 Å². The van der Waals surface area contributed by atoms with Crippen molar-refractivity contribution in [3.63, 3.8) is 0 Å². The molecule has 19 heavy (non-hydrogen) atoms. The third-order valence-corrected chi connectivity index (χ3v) is 5.70. The van der Waals surface area contributed by atoms with Gasteiger partial charge in [-0.1, -0.05) is 32.4 Å². The van der Waals surface area contributed by atoms with Gasteiger partial charge in [-0.05, 0) is 51.3 Å². The highest BCUT2D eigenvalue weighted by Crippen LogP contribution is 2.53. The molecule has 1 atom stereocenters. The van der Waals surface area contributed by atoms with Crippen molar-refractivity contribution >= 4 is 10.9 Å². The van der Waals surface area contributed by atoms with E-state index in [1.54, 1.807) is 0 Å². The zero-order valence-corrected chi connectivity index (χ0v) is 13.3. The topological polar surface area (TPSA) is 4.93 Å². The van der Waals surface area contributed by atoms with Gasteiger partial charge in [0.25, 0.3) is 0 Å². The van der Waals surface area contributed by atoms with Gasteiger partial charge >= 0.3 is 0 Å². The Morgan fingerprint density at radius 2 is 1.68 bits per heavy atom. The molecule has 2 heterocycles. The predicted molar refractivity (Wildman–Crippen MR) is 82.9 cm³/mol. The zero-order chi connectivity index (χ0) is 14.2. The Morgan fingerprint density at radius 3 is 2.32 bits per heavy atom. The van der Waals surface area contributed by atoms with Crippen LogP contribution in [0, 0.1) is 19.8 Å². The van der Waals surface area contributed by atoms with E-state index in [4.69, 9.17) is 0 Å². The minimum Gasteiger partial charge on any atom is -0.338 e. The number of hydrogen-bond acceptors (Lipinski definition) is 0. The molecule has 1 heteroatoms. The first-order valence-corrected chi connectivity index (χ1v) is 7.31. The van der Waals surface area contributed by atoms with E-state index in [1.807, 2.05) is 0 Å². The Balaban J connectivity index is 2.49. The first kappa shape index (κ1) is 12.8. The quantitative estimate of drug-likeness (QED) is 0.629. The van der Waals surface area contributed by atoms with Crippen LogP contribution in [0.3, 0.4) is 0 Å². The van der Waals surface area contributed by atoms with Crippen LogP contribution in [0.2, 0.25) is 0 Å². The minimum atomic E-state index is 0.181. The van der Waals surface area contributed by atoms with E-state index in [9.17, 15) is 0 Å². The third kappa shape index (κ3) is 1.36. The van der Waals surface area contributed by atoms with E-state index in [0.717, 1.165) is 0 Å². The van der Waals surface area contributed by atoms with Crippen molar-refractivity contribution in [3.05, 3.63) is 35.0 Å². The molecule has 1 aliphatic rings. The number of aromatic nitrogens is 1. The number of benzene rings is 1. The normalized spacial score (nSPS) is 23.8. The van der Waals surface area contributed by atoms with Crippen LogP contribution in [-0.4, -0.2) is 4.57 Å². The predicted octanol–water partition coefficient (Wildman–Crippen LogP) is 4.92. The fourth-order valence-electron chi connectivity index (χ4n) is 4.21. The van der Waals surface area contributed by atoms with Crippen LogP contribution in [0.15, 0.2) is 18.2 Å². The lowest BCUT2D eigenvalue weighted by Crippen LogP contribution is -2.33. The monoisotopic (exact) mass is 255 g/mol. The maximum atomic E-state index is 2.60. The molecule has 1 unspecified atom stereocenters. The van der Waals surface area contributed by atoms with Gasteiger partial charge in [-0.15, -0.1) is 0 Å². The molecule has 0 radical (unpaired) electrons. The lowest BCUT2D eigenvalue weighted by Gasteiger charge is -2.33. The van der Waals surface area contributed by atoms with Crippen LogP contribution in [0.4, 0.5) is 0 Å². The summed E-state index contributed by atoms with van der Waals surface area (Å²) in [7, 11) is 0. The van der Waals surface area contributed by atoms with Crippen LogP contribution >= 0.6 is 0 Å². The van der Waals surface area contributed by atoms with Gasteiger partial charge in [0.1, 0.15) is 0 Å². The second-order valence-electron chi connectivity index (χ2n) is 7.43. The van der Waals surface area contributed by atoms with Crippen molar-refractivity contribution in [2.75, 3.05) is 0 Å². The van der Waals surface area contributed by atoms with Crippen molar-refractivity contribution < 1.29 is 0 Å². The highest BCUT2D eigenvalue weighted by Gasteiger charge is 2.50. The van der Waals surface area contributed by atoms with Gasteiger partial charge in [-0.2, -0.15) is 0 Å². The van der Waals surface area contributed by atoms with E-state index in [1.165, 1.54) is 27.7 Å². The molecular formula is C18H25N. The Morgan fingerprint density at radius 1 is 1.05 bits per heavy atom. The van der Waals surface area contributed by atoms with Gasteiger partial charge in [0.15, 0.2) is 0 Å². The molecule has 0 saturated carbocycles. The van der Waals surface area contributed by atoms with Gasteiger partial charge in [0, 0.05) is 27.6 Å². The number of hydrogen-bond donors (Lipinski definition) is 0. The summed E-state index contributed by atoms with van der Waals surface area (Å²) in [6, 6.07) is 6.88. The van der Waals surface area contributed by atoms with E-state index in [0.29, 0.717) is 5.92 Å². The second kappa shape index (κ2) is 3.45. The highest BCUT2D eigenvalue weighted by molar-refractivity contribution is 5.87. The first-order valence-electron chi connectivity index (χ1n) is 7.31. The number of nitrogens with zero attached hydrogens (tertiary/aromatic N) is 1. The van der Waals surface area contributed by atoms with Crippen molar-refractivity contribution in [1.82, 2.24) is 4.57 Å². The molecule has 0 amide bonds. The third-order valence-electron chi connectivity index (χ3n) is 5.70. The average molecular weight is 255 g/mol. The number of rotatable bonds is 0. The first-order chi connectivity index (χ1) is 8.69. The average Bonchev–Trinajstić information content (AvgIpc) is 2.68. The Kier molecular flexibility index (Phi) is 2.32. The molecular weight excluding hydrogens is 230 g/mol. The number of fused-ring (bicyclic) bond motifs is 3. The second-order valence-corrected chi connectivity index (χ2v) is 7.43. The Labute approximate surface area is 116 Å². The maximum absolute atomic E-state index is 2.60. The van der Waals surface area contributed by atoms with Gasteiger partial charge in [0.05, 0.1) is 0 Å². The smallest absolute Gasteiger partial charge is 0.0490 e. The lowest BCUT2D eigenvalue weighted by atomic mass is 9.72. The van der Waals surface area contributed by atoms with E-state index < -0.39 is 0 Å². The molecule has 1 nitrogen and oxygen atoms in total. The molecule has 0 saturated heterocycles. The number of aryl methyl sites for hydroxylation is 2. The summed E-state index contributed by atoms with van der Waals surface area (Å²) in [6.07, 6.45) is 0. The molecule has 0 aliphatic carbocycles. The fraction of sp³-hybridized carbons (Fsp3) is 0.556. The van der Waals surface area contributed by atoms with Crippen LogP contribution < -0.4 is 0 Å². The Bertz CT molecular complexity index is 671. The van der Waals surface area contributed by atoms with Gasteiger partial charge < -0.3 is 4.57 Å². The van der Waals surface area contributed by atoms with E-state index >= 15 is 0 Å². The van der Waals surface area contributed by atoms with Crippen LogP contribution in [0.25, 0.3) is 10.9 Å². The molecule has 2 aromatic rings.